The van der Waals surface area contributed by atoms with E-state index in [1.165, 1.54) is 12.8 Å². The summed E-state index contributed by atoms with van der Waals surface area (Å²) in [5.74, 6) is 0. The molecule has 2 aromatic rings. The van der Waals surface area contributed by atoms with Crippen LogP contribution in [0.25, 0.3) is 0 Å². The quantitative estimate of drug-likeness (QED) is 0.745. The Morgan fingerprint density at radius 3 is 1.09 bits per heavy atom. The van der Waals surface area contributed by atoms with Crippen LogP contribution in [0.2, 0.25) is 0 Å². The summed E-state index contributed by atoms with van der Waals surface area (Å²) in [4.78, 5) is 21.0. The molecule has 0 aliphatic heterocycles. The first-order chi connectivity index (χ1) is 10.5. The van der Waals surface area contributed by atoms with E-state index in [0.717, 1.165) is 0 Å². The molecule has 0 bridgehead atoms. The number of thiol groups is 2. The van der Waals surface area contributed by atoms with Gasteiger partial charge < -0.3 is 0 Å². The van der Waals surface area contributed by atoms with E-state index in [-0.39, 0.29) is 10.2 Å². The zero-order valence-electron chi connectivity index (χ0n) is 12.9. The lowest BCUT2D eigenvalue weighted by Crippen LogP contribution is -1.84. The van der Waals surface area contributed by atoms with Crippen LogP contribution in [0.1, 0.15) is 47.4 Å². The lowest BCUT2D eigenvalue weighted by Gasteiger charge is -1.88. The lowest BCUT2D eigenvalue weighted by molar-refractivity contribution is 0.108. The summed E-state index contributed by atoms with van der Waals surface area (Å²) in [5.41, 5.74) is 1.28. The number of carbonyl (C=O) groups is 2. The van der Waals surface area contributed by atoms with Crippen molar-refractivity contribution in [3.05, 3.63) is 71.8 Å². The van der Waals surface area contributed by atoms with Gasteiger partial charge in [-0.1, -0.05) is 87.4 Å². The van der Waals surface area contributed by atoms with Crippen LogP contribution in [0.5, 0.6) is 0 Å². The number of hydrogen-bond donors (Lipinski definition) is 2. The normalized spacial score (nSPS) is 8.73. The van der Waals surface area contributed by atoms with E-state index in [4.69, 9.17) is 0 Å². The fourth-order valence-electron chi connectivity index (χ4n) is 1.16. The molecule has 0 heterocycles. The van der Waals surface area contributed by atoms with Gasteiger partial charge in [-0.05, 0) is 0 Å². The molecule has 0 fully saturated rings. The Kier molecular flexibility index (Phi) is 12.3. The Labute approximate surface area is 143 Å². The average Bonchev–Trinajstić information content (AvgIpc) is 2.57. The first-order valence-electron chi connectivity index (χ1n) is 7.09. The van der Waals surface area contributed by atoms with Gasteiger partial charge in [0.2, 0.25) is 10.2 Å². The van der Waals surface area contributed by atoms with Gasteiger partial charge in [-0.25, -0.2) is 0 Å². The minimum atomic E-state index is -0.185. The monoisotopic (exact) mass is 334 g/mol. The van der Waals surface area contributed by atoms with Gasteiger partial charge >= 0.3 is 0 Å². The minimum absolute atomic E-state index is 0.185. The Morgan fingerprint density at radius 1 is 0.682 bits per heavy atom. The average molecular weight is 335 g/mol. The Bertz CT molecular complexity index is 488. The van der Waals surface area contributed by atoms with Crippen molar-refractivity contribution in [2.24, 2.45) is 0 Å². The van der Waals surface area contributed by atoms with Crippen LogP contribution >= 0.6 is 25.3 Å². The highest BCUT2D eigenvalue weighted by Crippen LogP contribution is 2.01. The number of rotatable bonds is 3. The molecule has 118 valence electrons. The molecule has 0 aliphatic carbocycles. The molecule has 0 N–H and O–H groups in total. The number of benzene rings is 2. The summed E-state index contributed by atoms with van der Waals surface area (Å²) in [6, 6.07) is 17.9. The van der Waals surface area contributed by atoms with Gasteiger partial charge in [0.05, 0.1) is 0 Å². The molecular formula is C18H22O2S2. The van der Waals surface area contributed by atoms with E-state index < -0.39 is 0 Å². The zero-order chi connectivity index (χ0) is 16.8. The molecule has 0 radical (unpaired) electrons. The van der Waals surface area contributed by atoms with Crippen molar-refractivity contribution in [2.75, 3.05) is 0 Å². The maximum atomic E-state index is 10.5. The molecule has 0 atom stereocenters. The summed E-state index contributed by atoms with van der Waals surface area (Å²) >= 11 is 7.30. The van der Waals surface area contributed by atoms with Gasteiger partial charge in [0, 0.05) is 11.1 Å². The van der Waals surface area contributed by atoms with Gasteiger partial charge in [-0.2, -0.15) is 0 Å². The van der Waals surface area contributed by atoms with Crippen LogP contribution in [-0.4, -0.2) is 10.2 Å². The van der Waals surface area contributed by atoms with Gasteiger partial charge in [0.15, 0.2) is 0 Å². The standard InChI is InChI=1S/2C7H6OS.C4H10/c2*8-7(9)6-4-2-1-3-5-6;1-3-4-2/h2*1-5H,(H,8,9);3-4H2,1-2H3. The molecule has 0 saturated carbocycles. The second-order valence-electron chi connectivity index (χ2n) is 4.34. The van der Waals surface area contributed by atoms with Crippen LogP contribution < -0.4 is 0 Å². The van der Waals surface area contributed by atoms with Crippen LogP contribution in [0.4, 0.5) is 0 Å². The Balaban J connectivity index is 0.000000326. The smallest absolute Gasteiger partial charge is 0.216 e. The van der Waals surface area contributed by atoms with Gasteiger partial charge in [0.1, 0.15) is 0 Å². The molecule has 4 heteroatoms. The third-order valence-electron chi connectivity index (χ3n) is 2.54. The fourth-order valence-corrected chi connectivity index (χ4v) is 1.46. The summed E-state index contributed by atoms with van der Waals surface area (Å²) in [5, 5.41) is -0.369. The summed E-state index contributed by atoms with van der Waals surface area (Å²) in [6.07, 6.45) is 2.64. The van der Waals surface area contributed by atoms with Crippen molar-refractivity contribution in [1.82, 2.24) is 0 Å². The number of hydrogen-bond acceptors (Lipinski definition) is 2. The van der Waals surface area contributed by atoms with Crippen molar-refractivity contribution < 1.29 is 9.59 Å². The highest BCUT2D eigenvalue weighted by atomic mass is 32.1. The molecule has 2 rings (SSSR count). The van der Waals surface area contributed by atoms with E-state index in [1.807, 2.05) is 36.4 Å². The van der Waals surface area contributed by atoms with E-state index in [0.29, 0.717) is 11.1 Å². The van der Waals surface area contributed by atoms with E-state index in [9.17, 15) is 9.59 Å². The Morgan fingerprint density at radius 2 is 0.955 bits per heavy atom. The predicted octanol–water partition coefficient (Wildman–Crippen LogP) is 5.32. The molecule has 22 heavy (non-hydrogen) atoms. The first kappa shape index (κ1) is 20.5. The molecule has 0 saturated heterocycles. The second kappa shape index (κ2) is 13.2. The van der Waals surface area contributed by atoms with Crippen molar-refractivity contribution in [3.63, 3.8) is 0 Å². The lowest BCUT2D eigenvalue weighted by atomic mass is 10.2. The van der Waals surface area contributed by atoms with E-state index >= 15 is 0 Å². The predicted molar refractivity (Wildman–Crippen MR) is 100 cm³/mol. The third kappa shape index (κ3) is 10.2. The topological polar surface area (TPSA) is 34.1 Å². The molecule has 0 amide bonds. The summed E-state index contributed by atoms with van der Waals surface area (Å²) in [6.45, 7) is 4.36. The van der Waals surface area contributed by atoms with Gasteiger partial charge in [-0.15, -0.1) is 25.3 Å². The molecule has 0 unspecified atom stereocenters. The van der Waals surface area contributed by atoms with Crippen LogP contribution in [0.3, 0.4) is 0 Å². The SMILES string of the molecule is CCCC.O=C(S)c1ccccc1.O=C(S)c1ccccc1. The summed E-state index contributed by atoms with van der Waals surface area (Å²) in [7, 11) is 0. The molecule has 0 aliphatic rings. The Hall–Kier alpha value is -1.52. The summed E-state index contributed by atoms with van der Waals surface area (Å²) < 4.78 is 0. The highest BCUT2D eigenvalue weighted by molar-refractivity contribution is 7.97. The molecule has 0 aromatic heterocycles. The van der Waals surface area contributed by atoms with Crippen LogP contribution in [-0.2, 0) is 0 Å². The van der Waals surface area contributed by atoms with Crippen LogP contribution in [0, 0.1) is 0 Å². The molecular weight excluding hydrogens is 312 g/mol. The second-order valence-corrected chi connectivity index (χ2v) is 5.15. The maximum Gasteiger partial charge on any atom is 0.216 e. The highest BCUT2D eigenvalue weighted by Gasteiger charge is 1.94. The molecule has 0 spiro atoms. The minimum Gasteiger partial charge on any atom is -0.282 e. The van der Waals surface area contributed by atoms with Crippen molar-refractivity contribution in [3.8, 4) is 0 Å². The first-order valence-corrected chi connectivity index (χ1v) is 7.99. The molecule has 2 nitrogen and oxygen atoms in total. The maximum absolute atomic E-state index is 10.5. The van der Waals surface area contributed by atoms with E-state index in [1.54, 1.807) is 24.3 Å². The van der Waals surface area contributed by atoms with E-state index in [2.05, 4.69) is 39.1 Å². The number of unbranched alkanes of at least 4 members (excludes halogenated alkanes) is 1. The van der Waals surface area contributed by atoms with Crippen LogP contribution in [0.15, 0.2) is 60.7 Å². The van der Waals surface area contributed by atoms with Gasteiger partial charge in [0.25, 0.3) is 0 Å². The van der Waals surface area contributed by atoms with Crippen molar-refractivity contribution in [2.45, 2.75) is 26.7 Å². The molecule has 2 aromatic carbocycles. The third-order valence-corrected chi connectivity index (χ3v) is 3.06. The fraction of sp³-hybridized carbons (Fsp3) is 0.222. The van der Waals surface area contributed by atoms with Gasteiger partial charge in [-0.3, -0.25) is 9.59 Å². The van der Waals surface area contributed by atoms with Crippen molar-refractivity contribution in [1.29, 1.82) is 0 Å². The zero-order valence-corrected chi connectivity index (χ0v) is 14.7. The largest absolute Gasteiger partial charge is 0.282 e. The van der Waals surface area contributed by atoms with Crippen molar-refractivity contribution >= 4 is 35.5 Å². The number of carbonyl (C=O) groups excluding carboxylic acids is 2.